The van der Waals surface area contributed by atoms with Gasteiger partial charge in [0.2, 0.25) is 13.3 Å². The van der Waals surface area contributed by atoms with Gasteiger partial charge in [-0.2, -0.15) is 0 Å². The Bertz CT molecular complexity index is 1040. The molecule has 2 aliphatic carbocycles. The Balaban J connectivity index is 1.40. The molecule has 2 aromatic rings. The van der Waals surface area contributed by atoms with Crippen molar-refractivity contribution >= 4 is 19.0 Å². The van der Waals surface area contributed by atoms with Crippen LogP contribution in [0.5, 0.6) is 0 Å². The summed E-state index contributed by atoms with van der Waals surface area (Å²) in [6.45, 7) is 4.41. The Labute approximate surface area is 185 Å². The monoisotopic (exact) mass is 437 g/mol. The maximum Gasteiger partial charge on any atom is 0.227 e. The lowest BCUT2D eigenvalue weighted by Gasteiger charge is -2.37. The van der Waals surface area contributed by atoms with Crippen molar-refractivity contribution < 1.29 is 13.9 Å². The van der Waals surface area contributed by atoms with Gasteiger partial charge < -0.3 is 9.42 Å². The molecule has 1 aliphatic heterocycles. The number of nitrogens with zero attached hydrogens (tertiary/aromatic N) is 1. The van der Waals surface area contributed by atoms with Gasteiger partial charge in [-0.15, -0.1) is 0 Å². The first-order valence-electron chi connectivity index (χ1n) is 11.7. The van der Waals surface area contributed by atoms with E-state index < -0.39 is 7.37 Å². The zero-order valence-corrected chi connectivity index (χ0v) is 19.5. The van der Waals surface area contributed by atoms with Crippen LogP contribution in [0.2, 0.25) is 0 Å². The number of benzene rings is 2. The highest BCUT2D eigenvalue weighted by Gasteiger charge is 2.60. The maximum atomic E-state index is 13.7. The molecule has 0 saturated heterocycles. The van der Waals surface area contributed by atoms with Crippen LogP contribution in [0.1, 0.15) is 61.3 Å². The van der Waals surface area contributed by atoms with Crippen molar-refractivity contribution in [3.05, 3.63) is 64.7 Å². The quantitative estimate of drug-likeness (QED) is 0.460. The van der Waals surface area contributed by atoms with E-state index in [0.29, 0.717) is 31.3 Å². The zero-order chi connectivity index (χ0) is 21.6. The van der Waals surface area contributed by atoms with Gasteiger partial charge in [-0.25, -0.2) is 0 Å². The number of carbonyl (C=O) groups excluding carboxylic acids is 1. The Morgan fingerprint density at radius 1 is 1.03 bits per heavy atom. The van der Waals surface area contributed by atoms with Crippen molar-refractivity contribution in [1.82, 2.24) is 0 Å². The lowest BCUT2D eigenvalue weighted by atomic mass is 9.95. The molecule has 164 valence electrons. The molecular formula is C26H32NO3P. The SMILES string of the molecule is CCOP(=O)(Cc1ccc(C)cc1)Cc1ccc2c(c1)CCC(=O)N2C1(C2CC2)CC1. The molecule has 2 fully saturated rings. The van der Waals surface area contributed by atoms with E-state index in [4.69, 9.17) is 4.52 Å². The van der Waals surface area contributed by atoms with Crippen LogP contribution in [-0.2, 0) is 32.6 Å². The summed E-state index contributed by atoms with van der Waals surface area (Å²) in [7, 11) is -2.85. The number of hydrogen-bond acceptors (Lipinski definition) is 3. The van der Waals surface area contributed by atoms with Gasteiger partial charge in [0.15, 0.2) is 0 Å². The second-order valence-electron chi connectivity index (χ2n) is 9.60. The fourth-order valence-corrected chi connectivity index (χ4v) is 7.61. The third-order valence-electron chi connectivity index (χ3n) is 7.12. The number of carbonyl (C=O) groups is 1. The predicted octanol–water partition coefficient (Wildman–Crippen LogP) is 6.23. The lowest BCUT2D eigenvalue weighted by molar-refractivity contribution is -0.119. The van der Waals surface area contributed by atoms with Gasteiger partial charge >= 0.3 is 0 Å². The van der Waals surface area contributed by atoms with E-state index in [1.54, 1.807) is 0 Å². The Kier molecular flexibility index (Phi) is 5.35. The number of anilines is 1. The molecule has 5 rings (SSSR count). The van der Waals surface area contributed by atoms with Crippen molar-refractivity contribution in [1.29, 1.82) is 0 Å². The lowest BCUT2D eigenvalue weighted by Crippen LogP contribution is -2.46. The smallest absolute Gasteiger partial charge is 0.227 e. The number of aryl methyl sites for hydroxylation is 2. The summed E-state index contributed by atoms with van der Waals surface area (Å²) in [4.78, 5) is 15.0. The summed E-state index contributed by atoms with van der Waals surface area (Å²) < 4.78 is 19.5. The molecular weight excluding hydrogens is 405 g/mol. The third kappa shape index (κ3) is 4.13. The molecule has 4 nitrogen and oxygen atoms in total. The Morgan fingerprint density at radius 2 is 1.71 bits per heavy atom. The van der Waals surface area contributed by atoms with E-state index in [2.05, 4.69) is 42.2 Å². The zero-order valence-electron chi connectivity index (χ0n) is 18.6. The molecule has 2 saturated carbocycles. The number of hydrogen-bond donors (Lipinski definition) is 0. The van der Waals surface area contributed by atoms with E-state index in [9.17, 15) is 9.36 Å². The highest BCUT2D eigenvalue weighted by molar-refractivity contribution is 7.57. The summed E-state index contributed by atoms with van der Waals surface area (Å²) in [6, 6.07) is 14.6. The van der Waals surface area contributed by atoms with Crippen molar-refractivity contribution in [2.24, 2.45) is 5.92 Å². The first kappa shape index (κ1) is 21.0. The number of rotatable bonds is 8. The van der Waals surface area contributed by atoms with Gasteiger partial charge in [-0.05, 0) is 74.6 Å². The number of fused-ring (bicyclic) bond motifs is 1. The normalized spacial score (nSPS) is 21.5. The van der Waals surface area contributed by atoms with Crippen molar-refractivity contribution in [2.45, 2.75) is 70.2 Å². The molecule has 31 heavy (non-hydrogen) atoms. The van der Waals surface area contributed by atoms with Crippen LogP contribution < -0.4 is 4.90 Å². The molecule has 1 amide bonds. The first-order chi connectivity index (χ1) is 14.9. The van der Waals surface area contributed by atoms with Crippen LogP contribution in [-0.4, -0.2) is 18.1 Å². The van der Waals surface area contributed by atoms with Crippen molar-refractivity contribution in [2.75, 3.05) is 11.5 Å². The highest BCUT2D eigenvalue weighted by atomic mass is 31.2. The molecule has 1 unspecified atom stereocenters. The van der Waals surface area contributed by atoms with E-state index in [-0.39, 0.29) is 11.4 Å². The van der Waals surface area contributed by atoms with Gasteiger partial charge in [-0.3, -0.25) is 9.36 Å². The predicted molar refractivity (Wildman–Crippen MR) is 125 cm³/mol. The van der Waals surface area contributed by atoms with E-state index >= 15 is 0 Å². The van der Waals surface area contributed by atoms with Crippen LogP contribution in [0.15, 0.2) is 42.5 Å². The summed E-state index contributed by atoms with van der Waals surface area (Å²) in [5.74, 6) is 0.971. The van der Waals surface area contributed by atoms with Crippen LogP contribution in [0.4, 0.5) is 5.69 Å². The molecule has 0 aromatic heterocycles. The van der Waals surface area contributed by atoms with Gasteiger partial charge in [-0.1, -0.05) is 42.0 Å². The molecule has 1 heterocycles. The molecule has 3 aliphatic rings. The highest BCUT2D eigenvalue weighted by Crippen LogP contribution is 2.60. The minimum absolute atomic E-state index is 0.0970. The molecule has 0 N–H and O–H groups in total. The van der Waals surface area contributed by atoms with Gasteiger partial charge in [0.1, 0.15) is 0 Å². The average Bonchev–Trinajstić information content (AvgIpc) is 3.63. The van der Waals surface area contributed by atoms with E-state index in [1.807, 2.05) is 19.1 Å². The molecule has 0 bridgehead atoms. The fraction of sp³-hybridized carbons (Fsp3) is 0.500. The second kappa shape index (κ2) is 7.90. The topological polar surface area (TPSA) is 46.6 Å². The van der Waals surface area contributed by atoms with E-state index in [1.165, 1.54) is 24.0 Å². The summed E-state index contributed by atoms with van der Waals surface area (Å²) in [5.41, 5.74) is 5.71. The fourth-order valence-electron chi connectivity index (χ4n) is 5.33. The molecule has 2 aromatic carbocycles. The Hall–Kier alpha value is -1.90. The van der Waals surface area contributed by atoms with E-state index in [0.717, 1.165) is 36.1 Å². The molecule has 1 atom stereocenters. The van der Waals surface area contributed by atoms with Crippen LogP contribution in [0.25, 0.3) is 0 Å². The largest absolute Gasteiger partial charge is 0.328 e. The van der Waals surface area contributed by atoms with Crippen molar-refractivity contribution in [3.63, 3.8) is 0 Å². The minimum atomic E-state index is -2.85. The Morgan fingerprint density at radius 3 is 2.35 bits per heavy atom. The second-order valence-corrected chi connectivity index (χ2v) is 12.1. The first-order valence-corrected chi connectivity index (χ1v) is 13.6. The van der Waals surface area contributed by atoms with Crippen LogP contribution in [0.3, 0.4) is 0 Å². The summed E-state index contributed by atoms with van der Waals surface area (Å²) in [6.07, 6.45) is 7.04. The molecule has 5 heteroatoms. The summed E-state index contributed by atoms with van der Waals surface area (Å²) in [5, 5.41) is 0. The molecule has 0 radical (unpaired) electrons. The van der Waals surface area contributed by atoms with Crippen LogP contribution in [0, 0.1) is 12.8 Å². The average molecular weight is 438 g/mol. The molecule has 0 spiro atoms. The van der Waals surface area contributed by atoms with Crippen LogP contribution >= 0.6 is 7.37 Å². The van der Waals surface area contributed by atoms with Gasteiger partial charge in [0, 0.05) is 12.1 Å². The standard InChI is InChI=1S/C26H32NO3P/c1-3-30-31(29,17-20-6-4-19(2)5-7-20)18-21-8-12-24-22(16-21)9-13-25(28)27(24)26(14-15-26)23-10-11-23/h4-8,12,16,23H,3,9-11,13-15,17-18H2,1-2H3. The summed E-state index contributed by atoms with van der Waals surface area (Å²) >= 11 is 0. The minimum Gasteiger partial charge on any atom is -0.328 e. The number of amides is 1. The maximum absolute atomic E-state index is 13.7. The van der Waals surface area contributed by atoms with Gasteiger partial charge in [0.25, 0.3) is 0 Å². The van der Waals surface area contributed by atoms with Crippen molar-refractivity contribution in [3.8, 4) is 0 Å². The van der Waals surface area contributed by atoms with Gasteiger partial charge in [0.05, 0.1) is 24.5 Å². The third-order valence-corrected chi connectivity index (χ3v) is 9.54.